The Morgan fingerprint density at radius 3 is 2.83 bits per heavy atom. The number of nitrogen functional groups attached to an aromatic ring is 1. The molecular weight excluding hydrogens is 505 g/mol. The molecule has 2 fully saturated rings. The Morgan fingerprint density at radius 1 is 1.20 bits per heavy atom. The number of nitrogens with one attached hydrogen (secondary N) is 1. The van der Waals surface area contributed by atoms with Crippen molar-refractivity contribution in [2.24, 2.45) is 5.41 Å². The van der Waals surface area contributed by atoms with Crippen LogP contribution in [0.4, 0.5) is 11.6 Å². The summed E-state index contributed by atoms with van der Waals surface area (Å²) in [6.45, 7) is 4.11. The molecule has 5 heterocycles. The smallest absolute Gasteiger partial charge is 0.248 e. The first-order valence-corrected chi connectivity index (χ1v) is 13.1. The van der Waals surface area contributed by atoms with Crippen LogP contribution in [0.15, 0.2) is 59.5 Å². The van der Waals surface area contributed by atoms with Crippen LogP contribution in [-0.4, -0.2) is 56.2 Å². The van der Waals surface area contributed by atoms with Gasteiger partial charge in [0.15, 0.2) is 0 Å². The van der Waals surface area contributed by atoms with Gasteiger partial charge in [0.25, 0.3) is 0 Å². The highest BCUT2D eigenvalue weighted by molar-refractivity contribution is 6.30. The summed E-state index contributed by atoms with van der Waals surface area (Å²) in [6.07, 6.45) is 4.49. The molecule has 1 saturated carbocycles. The number of anilines is 2. The molecule has 7 rings (SSSR count). The largest absolute Gasteiger partial charge is 0.464 e. The molecule has 11 heteroatoms. The number of hydrogen-bond donors (Lipinski definition) is 2. The zero-order valence-electron chi connectivity index (χ0n) is 22.1. The summed E-state index contributed by atoms with van der Waals surface area (Å²) in [6, 6.07) is 12.2. The van der Waals surface area contributed by atoms with E-state index >= 15 is 0 Å². The lowest BCUT2D eigenvalue weighted by Gasteiger charge is -2.27. The number of amides is 2. The number of rotatable bonds is 5. The normalized spacial score (nSPS) is 21.6. The summed E-state index contributed by atoms with van der Waals surface area (Å²) in [7, 11) is 5.79. The highest BCUT2D eigenvalue weighted by atomic mass is 16.3. The van der Waals surface area contributed by atoms with E-state index in [9.17, 15) is 9.59 Å². The van der Waals surface area contributed by atoms with Crippen LogP contribution in [-0.2, 0) is 16.1 Å². The van der Waals surface area contributed by atoms with E-state index < -0.39 is 6.04 Å². The van der Waals surface area contributed by atoms with Crippen molar-refractivity contribution in [2.45, 2.75) is 45.3 Å². The van der Waals surface area contributed by atoms with Gasteiger partial charge >= 0.3 is 0 Å². The van der Waals surface area contributed by atoms with Crippen molar-refractivity contribution in [1.82, 2.24) is 24.4 Å². The summed E-state index contributed by atoms with van der Waals surface area (Å²) in [5.74, 6) is 0.997. The second-order valence-electron chi connectivity index (χ2n) is 11.0. The summed E-state index contributed by atoms with van der Waals surface area (Å²) < 4.78 is 7.52. The van der Waals surface area contributed by atoms with Crippen molar-refractivity contribution in [3.05, 3.63) is 60.6 Å². The molecule has 198 valence electrons. The topological polar surface area (TPSA) is 132 Å². The van der Waals surface area contributed by atoms with E-state index in [1.807, 2.05) is 35.8 Å². The predicted octanol–water partition coefficient (Wildman–Crippen LogP) is 2.94. The van der Waals surface area contributed by atoms with Crippen LogP contribution < -0.4 is 16.6 Å². The molecule has 2 radical (unpaired) electrons. The predicted molar refractivity (Wildman–Crippen MR) is 152 cm³/mol. The van der Waals surface area contributed by atoms with Crippen LogP contribution in [0.1, 0.15) is 25.3 Å². The molecule has 0 bridgehead atoms. The number of nitrogens with two attached hydrogens (primary N) is 1. The second kappa shape index (κ2) is 8.67. The molecule has 3 N–H and O–H groups in total. The van der Waals surface area contributed by atoms with Crippen molar-refractivity contribution >= 4 is 58.8 Å². The molecule has 1 aliphatic heterocycles. The third-order valence-corrected chi connectivity index (χ3v) is 8.30. The Morgan fingerprint density at radius 2 is 2.05 bits per heavy atom. The Bertz CT molecular complexity index is 1830. The zero-order valence-corrected chi connectivity index (χ0v) is 22.1. The molecule has 0 spiro atoms. The minimum absolute atomic E-state index is 0.00369. The molecule has 0 unspecified atom stereocenters. The molecule has 40 heavy (non-hydrogen) atoms. The van der Waals surface area contributed by atoms with Gasteiger partial charge in [0, 0.05) is 17.0 Å². The fourth-order valence-electron chi connectivity index (χ4n) is 6.33. The molecule has 10 nitrogen and oxygen atoms in total. The van der Waals surface area contributed by atoms with Gasteiger partial charge in [-0.1, -0.05) is 19.1 Å². The standard InChI is InChI=1S/C29H26BN7O3/c1-15-9-16(19-5-4-8-40-19)10-17-24-26(31)32-14-33-27(24)36(25(15)17)13-23(38)37-18(11-29(2)12-20(29)37)28(39)35-22-7-3-6-21(30)34-22/h3-10,14,18,20H,11-13H2,1-2H3,(H2,31,32,33)(H,34,35,39)/t18-,20+,29-/m0/s1. The molecular formula is C29H26BN7O3. The van der Waals surface area contributed by atoms with Crippen molar-refractivity contribution in [1.29, 1.82) is 0 Å². The van der Waals surface area contributed by atoms with Gasteiger partial charge in [0.05, 0.1) is 17.2 Å². The summed E-state index contributed by atoms with van der Waals surface area (Å²) in [5, 5.41) is 4.37. The fraction of sp³-hybridized carbons (Fsp3) is 0.276. The number of benzene rings is 1. The minimum Gasteiger partial charge on any atom is -0.464 e. The third-order valence-electron chi connectivity index (χ3n) is 8.30. The number of likely N-dealkylation sites (tertiary alicyclic amines) is 1. The third kappa shape index (κ3) is 3.76. The van der Waals surface area contributed by atoms with Gasteiger partial charge < -0.3 is 24.9 Å². The van der Waals surface area contributed by atoms with Crippen LogP contribution in [0, 0.1) is 12.3 Å². The fourth-order valence-corrected chi connectivity index (χ4v) is 6.33. The van der Waals surface area contributed by atoms with E-state index in [-0.39, 0.29) is 29.8 Å². The number of pyridine rings is 1. The number of carbonyl (C=O) groups excluding carboxylic acids is 2. The Hall–Kier alpha value is -4.67. The van der Waals surface area contributed by atoms with Crippen molar-refractivity contribution < 1.29 is 14.0 Å². The van der Waals surface area contributed by atoms with E-state index in [2.05, 4.69) is 27.2 Å². The van der Waals surface area contributed by atoms with E-state index in [1.165, 1.54) is 6.33 Å². The van der Waals surface area contributed by atoms with Crippen LogP contribution in [0.25, 0.3) is 33.3 Å². The molecule has 4 aromatic heterocycles. The maximum Gasteiger partial charge on any atom is 0.248 e. The average molecular weight is 531 g/mol. The van der Waals surface area contributed by atoms with Gasteiger partial charge in [-0.15, -0.1) is 0 Å². The van der Waals surface area contributed by atoms with E-state index in [0.29, 0.717) is 34.7 Å². The van der Waals surface area contributed by atoms with E-state index in [4.69, 9.17) is 18.0 Å². The SMILES string of the molecule is [B]c1cccc(NC(=O)[C@@H]2C[C@@]3(C)C[C@H]3N2C(=O)Cn2c3ncnc(N)c3c3cc(-c4ccco4)cc(C)c32)n1. The van der Waals surface area contributed by atoms with Gasteiger partial charge in [-0.2, -0.15) is 0 Å². The molecule has 2 amide bonds. The highest BCUT2D eigenvalue weighted by Gasteiger charge is 2.64. The lowest BCUT2D eigenvalue weighted by molar-refractivity contribution is -0.138. The lowest BCUT2D eigenvalue weighted by Crippen LogP contribution is -2.46. The minimum atomic E-state index is -0.612. The molecule has 5 aromatic rings. The maximum absolute atomic E-state index is 14.1. The summed E-state index contributed by atoms with van der Waals surface area (Å²) in [5.41, 5.74) is 9.82. The van der Waals surface area contributed by atoms with Crippen molar-refractivity contribution in [3.8, 4) is 11.3 Å². The molecule has 1 aromatic carbocycles. The monoisotopic (exact) mass is 531 g/mol. The molecule has 3 atom stereocenters. The maximum atomic E-state index is 14.1. The molecule has 1 aliphatic carbocycles. The molecule has 2 aliphatic rings. The van der Waals surface area contributed by atoms with Crippen molar-refractivity contribution in [3.63, 3.8) is 0 Å². The first kappa shape index (κ1) is 24.4. The van der Waals surface area contributed by atoms with Gasteiger partial charge in [0.2, 0.25) is 11.8 Å². The number of carbonyl (C=O) groups is 2. The lowest BCUT2D eigenvalue weighted by atomic mass is 10.0. The Kier molecular flexibility index (Phi) is 5.28. The number of piperidine rings is 1. The van der Waals surface area contributed by atoms with Crippen molar-refractivity contribution in [2.75, 3.05) is 11.1 Å². The second-order valence-corrected chi connectivity index (χ2v) is 11.0. The quantitative estimate of drug-likeness (QED) is 0.334. The number of aromatic nitrogens is 4. The Balaban J connectivity index is 1.27. The Labute approximate surface area is 231 Å². The van der Waals surface area contributed by atoms with Gasteiger partial charge in [-0.25, -0.2) is 15.0 Å². The highest BCUT2D eigenvalue weighted by Crippen LogP contribution is 2.59. The first-order valence-electron chi connectivity index (χ1n) is 13.1. The van der Waals surface area contributed by atoms with Crippen LogP contribution >= 0.6 is 0 Å². The average Bonchev–Trinajstić information content (AvgIpc) is 3.29. The van der Waals surface area contributed by atoms with Gasteiger partial charge in [0.1, 0.15) is 49.8 Å². The van der Waals surface area contributed by atoms with E-state index in [0.717, 1.165) is 34.2 Å². The summed E-state index contributed by atoms with van der Waals surface area (Å²) >= 11 is 0. The van der Waals surface area contributed by atoms with Crippen LogP contribution in [0.2, 0.25) is 0 Å². The first-order chi connectivity index (χ1) is 19.2. The number of aryl methyl sites for hydroxylation is 1. The summed E-state index contributed by atoms with van der Waals surface area (Å²) in [4.78, 5) is 42.1. The number of hydrogen-bond acceptors (Lipinski definition) is 7. The van der Waals surface area contributed by atoms with Gasteiger partial charge in [-0.3, -0.25) is 9.59 Å². The molecule has 1 saturated heterocycles. The van der Waals surface area contributed by atoms with Crippen LogP contribution in [0.5, 0.6) is 0 Å². The zero-order chi connectivity index (χ0) is 27.8. The van der Waals surface area contributed by atoms with E-state index in [1.54, 1.807) is 29.4 Å². The number of nitrogens with zero attached hydrogens (tertiary/aromatic N) is 5. The van der Waals surface area contributed by atoms with Gasteiger partial charge in [-0.05, 0) is 66.7 Å². The number of furan rings is 1. The number of fused-ring (bicyclic) bond motifs is 4. The van der Waals surface area contributed by atoms with Crippen LogP contribution in [0.3, 0.4) is 0 Å².